The predicted octanol–water partition coefficient (Wildman–Crippen LogP) is 5.03. The van der Waals surface area contributed by atoms with Gasteiger partial charge >= 0.3 is 6.61 Å². The molecule has 9 heteroatoms. The number of hydrogen-bond acceptors (Lipinski definition) is 4. The van der Waals surface area contributed by atoms with E-state index >= 15 is 0 Å². The average molecular weight is 402 g/mol. The van der Waals surface area contributed by atoms with Crippen LogP contribution in [0.5, 0.6) is 11.5 Å². The van der Waals surface area contributed by atoms with Gasteiger partial charge in [0.25, 0.3) is 5.91 Å². The number of halogens is 4. The highest BCUT2D eigenvalue weighted by Gasteiger charge is 2.23. The largest absolute Gasteiger partial charge is 0.489 e. The number of ether oxygens (including phenoxy) is 2. The molecule has 5 nitrogen and oxygen atoms in total. The number of amides is 1. The van der Waals surface area contributed by atoms with Crippen molar-refractivity contribution in [3.05, 3.63) is 46.2 Å². The molecule has 1 N–H and O–H groups in total. The Morgan fingerprint density at radius 1 is 1.23 bits per heavy atom. The number of rotatable bonds is 7. The summed E-state index contributed by atoms with van der Waals surface area (Å²) in [6.45, 7) is -2.61. The van der Waals surface area contributed by atoms with Crippen molar-refractivity contribution in [2.24, 2.45) is 5.92 Å². The van der Waals surface area contributed by atoms with Gasteiger partial charge in [-0.15, -0.1) is 0 Å². The van der Waals surface area contributed by atoms with Crippen LogP contribution in [0.4, 0.5) is 14.5 Å². The van der Waals surface area contributed by atoms with Gasteiger partial charge in [0.2, 0.25) is 0 Å². The summed E-state index contributed by atoms with van der Waals surface area (Å²) in [6, 6.07) is 3.96. The summed E-state index contributed by atoms with van der Waals surface area (Å²) in [5.41, 5.74) is 0.392. The van der Waals surface area contributed by atoms with E-state index in [0.29, 0.717) is 12.5 Å². The first-order chi connectivity index (χ1) is 12.4. The Labute approximate surface area is 158 Å². The Kier molecular flexibility index (Phi) is 5.78. The summed E-state index contributed by atoms with van der Waals surface area (Å²) in [5, 5.41) is 2.92. The highest BCUT2D eigenvalue weighted by atomic mass is 35.5. The van der Waals surface area contributed by atoms with Crippen molar-refractivity contribution in [2.75, 3.05) is 11.9 Å². The molecule has 138 valence electrons. The van der Waals surface area contributed by atoms with Crippen LogP contribution in [-0.4, -0.2) is 24.1 Å². The summed E-state index contributed by atoms with van der Waals surface area (Å²) in [4.78, 5) is 16.3. The predicted molar refractivity (Wildman–Crippen MR) is 93.5 cm³/mol. The van der Waals surface area contributed by atoms with Crippen LogP contribution < -0.4 is 14.8 Å². The summed E-state index contributed by atoms with van der Waals surface area (Å²) < 4.78 is 35.1. The molecule has 1 aliphatic carbocycles. The molecule has 1 aromatic carbocycles. The molecule has 26 heavy (non-hydrogen) atoms. The van der Waals surface area contributed by atoms with Crippen molar-refractivity contribution >= 4 is 34.8 Å². The lowest BCUT2D eigenvalue weighted by atomic mass is 10.2. The lowest BCUT2D eigenvalue weighted by Crippen LogP contribution is -2.14. The van der Waals surface area contributed by atoms with E-state index in [1.54, 1.807) is 0 Å². The SMILES string of the molecule is O=C(Nc1c(Cl)cncc1Cl)c1ccc(OC(F)[18F])c(OCC2CC2)c1. The maximum atomic E-state index is 12.6. The molecular formula is C17H14Cl2F2N2O3. The summed E-state index contributed by atoms with van der Waals surface area (Å²) in [6.07, 6.45) is 4.74. The topological polar surface area (TPSA) is 60.5 Å². The van der Waals surface area contributed by atoms with Gasteiger partial charge in [-0.1, -0.05) is 23.2 Å². The molecule has 0 radical (unpaired) electrons. The number of carbonyl (C=O) groups is 1. The van der Waals surface area contributed by atoms with E-state index in [1.165, 1.54) is 30.6 Å². The van der Waals surface area contributed by atoms with Crippen molar-refractivity contribution in [1.82, 2.24) is 4.98 Å². The highest BCUT2D eigenvalue weighted by molar-refractivity contribution is 6.39. The smallest absolute Gasteiger partial charge is 0.387 e. The molecule has 3 rings (SSSR count). The number of aromatic nitrogens is 1. The van der Waals surface area contributed by atoms with Crippen LogP contribution in [0.25, 0.3) is 0 Å². The molecule has 1 fully saturated rings. The molecule has 0 bridgehead atoms. The Balaban J connectivity index is 1.81. The van der Waals surface area contributed by atoms with Crippen LogP contribution >= 0.6 is 23.2 Å². The fourth-order valence-corrected chi connectivity index (χ4v) is 2.62. The van der Waals surface area contributed by atoms with Gasteiger partial charge in [-0.05, 0) is 37.0 Å². The summed E-state index contributed by atoms with van der Waals surface area (Å²) in [7, 11) is 0. The van der Waals surface area contributed by atoms with Crippen LogP contribution in [0.3, 0.4) is 0 Å². The number of anilines is 1. The van der Waals surface area contributed by atoms with E-state index < -0.39 is 12.5 Å². The lowest BCUT2D eigenvalue weighted by molar-refractivity contribution is -0.0515. The quantitative estimate of drug-likeness (QED) is 0.706. The third-order valence-corrected chi connectivity index (χ3v) is 4.26. The van der Waals surface area contributed by atoms with Crippen LogP contribution in [-0.2, 0) is 0 Å². The van der Waals surface area contributed by atoms with Crippen LogP contribution in [0.1, 0.15) is 23.2 Å². The molecule has 1 aromatic heterocycles. The molecule has 0 aliphatic heterocycles. The number of hydrogen-bond donors (Lipinski definition) is 1. The minimum Gasteiger partial charge on any atom is -0.489 e. The Hall–Kier alpha value is -2.12. The molecule has 1 atom stereocenters. The van der Waals surface area contributed by atoms with Gasteiger partial charge in [-0.2, -0.15) is 8.78 Å². The van der Waals surface area contributed by atoms with Gasteiger partial charge in [0, 0.05) is 18.0 Å². The number of alkyl halides is 2. The average Bonchev–Trinajstić information content (AvgIpc) is 3.41. The van der Waals surface area contributed by atoms with E-state index in [-0.39, 0.29) is 32.8 Å². The number of carbonyl (C=O) groups excluding carboxylic acids is 1. The summed E-state index contributed by atoms with van der Waals surface area (Å²) in [5.74, 6) is -0.171. The zero-order valence-corrected chi connectivity index (χ0v) is 14.9. The highest BCUT2D eigenvalue weighted by Crippen LogP contribution is 2.35. The van der Waals surface area contributed by atoms with Gasteiger partial charge in [0.1, 0.15) is 0 Å². The van der Waals surface area contributed by atoms with Gasteiger partial charge in [0.15, 0.2) is 11.5 Å². The minimum absolute atomic E-state index is 0.0803. The first-order valence-electron chi connectivity index (χ1n) is 7.76. The zero-order valence-electron chi connectivity index (χ0n) is 13.3. The minimum atomic E-state index is -2.99. The summed E-state index contributed by atoms with van der Waals surface area (Å²) >= 11 is 12.0. The fourth-order valence-electron chi connectivity index (χ4n) is 2.16. The second-order valence-corrected chi connectivity index (χ2v) is 6.54. The monoisotopic (exact) mass is 401 g/mol. The van der Waals surface area contributed by atoms with Gasteiger partial charge in [0.05, 0.1) is 22.3 Å². The normalized spacial score (nSPS) is 14.6. The Morgan fingerprint density at radius 3 is 2.54 bits per heavy atom. The molecule has 1 aliphatic rings. The fraction of sp³-hybridized carbons (Fsp3) is 0.294. The molecule has 1 amide bonds. The van der Waals surface area contributed by atoms with Crippen molar-refractivity contribution in [2.45, 2.75) is 19.5 Å². The molecular weight excluding hydrogens is 388 g/mol. The molecule has 2 aromatic rings. The van der Waals surface area contributed by atoms with E-state index in [1.807, 2.05) is 0 Å². The maximum absolute atomic E-state index is 12.6. The molecule has 0 saturated heterocycles. The second kappa shape index (κ2) is 8.05. The third kappa shape index (κ3) is 4.74. The van der Waals surface area contributed by atoms with Crippen LogP contribution in [0.2, 0.25) is 10.0 Å². The van der Waals surface area contributed by atoms with Crippen molar-refractivity contribution < 1.29 is 23.0 Å². The number of nitrogens with zero attached hydrogens (tertiary/aromatic N) is 1. The van der Waals surface area contributed by atoms with E-state index in [0.717, 1.165) is 12.8 Å². The first-order valence-corrected chi connectivity index (χ1v) is 8.51. The maximum Gasteiger partial charge on any atom is 0.387 e. The molecule has 1 saturated carbocycles. The van der Waals surface area contributed by atoms with Gasteiger partial charge in [-0.3, -0.25) is 9.78 Å². The number of benzene rings is 1. The van der Waals surface area contributed by atoms with Gasteiger partial charge in [-0.25, -0.2) is 0 Å². The zero-order chi connectivity index (χ0) is 18.7. The van der Waals surface area contributed by atoms with Crippen molar-refractivity contribution in [1.29, 1.82) is 0 Å². The van der Waals surface area contributed by atoms with Crippen LogP contribution in [0.15, 0.2) is 30.6 Å². The van der Waals surface area contributed by atoms with Gasteiger partial charge < -0.3 is 14.8 Å². The second-order valence-electron chi connectivity index (χ2n) is 5.73. The first kappa shape index (κ1) is 18.7. The third-order valence-electron chi connectivity index (χ3n) is 3.69. The standard InChI is InChI=1S/C17H14Cl2F2N2O3/c18-11-6-22-7-12(19)15(11)23-16(24)10-3-4-13(26-17(20)21)14(5-10)25-8-9-1-2-9/h3-7,9,17H,1-2,8H2,(H,22,23,24)/i20-1. The van der Waals surface area contributed by atoms with Crippen molar-refractivity contribution in [3.8, 4) is 11.5 Å². The number of nitrogens with one attached hydrogen (secondary N) is 1. The van der Waals surface area contributed by atoms with Crippen LogP contribution in [0, 0.1) is 5.92 Å². The molecule has 1 heterocycles. The molecule has 1 unspecified atom stereocenters. The van der Waals surface area contributed by atoms with E-state index in [4.69, 9.17) is 27.9 Å². The van der Waals surface area contributed by atoms with E-state index in [9.17, 15) is 13.6 Å². The van der Waals surface area contributed by atoms with Crippen molar-refractivity contribution in [3.63, 3.8) is 0 Å². The lowest BCUT2D eigenvalue weighted by Gasteiger charge is -2.14. The van der Waals surface area contributed by atoms with E-state index in [2.05, 4.69) is 15.0 Å². The Bertz CT molecular complexity index is 796. The Morgan fingerprint density at radius 2 is 1.92 bits per heavy atom. The number of pyridine rings is 1. The molecule has 0 spiro atoms.